The average molecular weight is 338 g/mol. The van der Waals surface area contributed by atoms with Crippen LogP contribution in [0.25, 0.3) is 0 Å². The van der Waals surface area contributed by atoms with Gasteiger partial charge in [0.05, 0.1) is 25.1 Å². The number of carbonyl (C=O) groups is 1. The SMILES string of the molecule is O=C(c1ccc[nH]1)N1CCCn2c(nc(Cn3ccnc3)cc2=O)C1. The number of rotatable bonds is 3. The van der Waals surface area contributed by atoms with Crippen LogP contribution in [0, 0.1) is 0 Å². The van der Waals surface area contributed by atoms with Crippen LogP contribution in [0.15, 0.2) is 47.9 Å². The fourth-order valence-corrected chi connectivity index (χ4v) is 3.09. The van der Waals surface area contributed by atoms with Crippen molar-refractivity contribution >= 4 is 5.91 Å². The Morgan fingerprint density at radius 2 is 2.24 bits per heavy atom. The molecule has 4 heterocycles. The van der Waals surface area contributed by atoms with Gasteiger partial charge in [-0.2, -0.15) is 0 Å². The highest BCUT2D eigenvalue weighted by Crippen LogP contribution is 2.13. The second-order valence-electron chi connectivity index (χ2n) is 6.05. The molecule has 0 atom stereocenters. The zero-order valence-corrected chi connectivity index (χ0v) is 13.6. The minimum absolute atomic E-state index is 0.0747. The first-order chi connectivity index (χ1) is 12.2. The van der Waals surface area contributed by atoms with Crippen LogP contribution >= 0.6 is 0 Å². The topological polar surface area (TPSA) is 88.8 Å². The lowest BCUT2D eigenvalue weighted by Crippen LogP contribution is -2.32. The van der Waals surface area contributed by atoms with Gasteiger partial charge in [-0.1, -0.05) is 0 Å². The number of aromatic nitrogens is 5. The summed E-state index contributed by atoms with van der Waals surface area (Å²) in [4.78, 5) is 38.4. The molecule has 25 heavy (non-hydrogen) atoms. The molecule has 1 aliphatic heterocycles. The molecule has 0 radical (unpaired) electrons. The van der Waals surface area contributed by atoms with Crippen LogP contribution < -0.4 is 5.56 Å². The van der Waals surface area contributed by atoms with Gasteiger partial charge < -0.3 is 14.5 Å². The molecule has 0 aromatic carbocycles. The van der Waals surface area contributed by atoms with E-state index in [1.807, 2.05) is 10.8 Å². The molecule has 3 aromatic rings. The van der Waals surface area contributed by atoms with Crippen LogP contribution in [0.3, 0.4) is 0 Å². The zero-order chi connectivity index (χ0) is 17.2. The van der Waals surface area contributed by atoms with Crippen LogP contribution in [0.2, 0.25) is 0 Å². The van der Waals surface area contributed by atoms with Gasteiger partial charge in [-0.05, 0) is 18.6 Å². The van der Waals surface area contributed by atoms with Gasteiger partial charge in [0, 0.05) is 37.7 Å². The van der Waals surface area contributed by atoms with E-state index in [0.29, 0.717) is 43.4 Å². The highest BCUT2D eigenvalue weighted by molar-refractivity contribution is 5.92. The maximum absolute atomic E-state index is 12.6. The molecule has 1 aliphatic rings. The zero-order valence-electron chi connectivity index (χ0n) is 13.6. The van der Waals surface area contributed by atoms with E-state index in [4.69, 9.17) is 0 Å². The van der Waals surface area contributed by atoms with Gasteiger partial charge in [0.15, 0.2) is 0 Å². The van der Waals surface area contributed by atoms with Crippen LogP contribution in [0.4, 0.5) is 0 Å². The standard InChI is InChI=1S/C17H18N6O2/c24-16-9-13(10-21-8-5-18-12-21)20-15-11-22(6-2-7-23(15)16)17(25)14-3-1-4-19-14/h1,3-5,8-9,12,19H,2,6-7,10-11H2. The summed E-state index contributed by atoms with van der Waals surface area (Å²) in [5.74, 6) is 0.549. The van der Waals surface area contributed by atoms with Crippen molar-refractivity contribution in [2.24, 2.45) is 0 Å². The number of carbonyl (C=O) groups excluding carboxylic acids is 1. The summed E-state index contributed by atoms with van der Waals surface area (Å²) in [6, 6.07) is 5.11. The Balaban J connectivity index is 1.64. The van der Waals surface area contributed by atoms with Crippen LogP contribution in [0.5, 0.6) is 0 Å². The lowest BCUT2D eigenvalue weighted by Gasteiger charge is -2.19. The lowest BCUT2D eigenvalue weighted by atomic mass is 10.3. The summed E-state index contributed by atoms with van der Waals surface area (Å²) in [7, 11) is 0. The number of amides is 1. The average Bonchev–Trinajstić information content (AvgIpc) is 3.25. The van der Waals surface area contributed by atoms with Crippen molar-refractivity contribution in [3.05, 3.63) is 70.7 Å². The molecule has 3 aromatic heterocycles. The Labute approximate surface area is 143 Å². The van der Waals surface area contributed by atoms with Crippen molar-refractivity contribution in [3.63, 3.8) is 0 Å². The maximum Gasteiger partial charge on any atom is 0.270 e. The number of fused-ring (bicyclic) bond motifs is 1. The minimum Gasteiger partial charge on any atom is -0.357 e. The van der Waals surface area contributed by atoms with Crippen molar-refractivity contribution in [3.8, 4) is 0 Å². The van der Waals surface area contributed by atoms with E-state index >= 15 is 0 Å². The third kappa shape index (κ3) is 3.10. The maximum atomic E-state index is 12.6. The van der Waals surface area contributed by atoms with Crippen molar-refractivity contribution in [2.45, 2.75) is 26.1 Å². The summed E-state index contributed by atoms with van der Waals surface area (Å²) in [5, 5.41) is 0. The fraction of sp³-hybridized carbons (Fsp3) is 0.294. The first-order valence-corrected chi connectivity index (χ1v) is 8.19. The number of hydrogen-bond acceptors (Lipinski definition) is 4. The lowest BCUT2D eigenvalue weighted by molar-refractivity contribution is 0.0738. The number of nitrogens with one attached hydrogen (secondary N) is 1. The molecular weight excluding hydrogens is 320 g/mol. The molecule has 128 valence electrons. The summed E-state index contributed by atoms with van der Waals surface area (Å²) in [6.07, 6.45) is 7.65. The van der Waals surface area contributed by atoms with Gasteiger partial charge in [0.2, 0.25) is 0 Å². The molecule has 8 heteroatoms. The van der Waals surface area contributed by atoms with Crippen molar-refractivity contribution in [1.29, 1.82) is 0 Å². The molecule has 0 fully saturated rings. The summed E-state index contributed by atoms with van der Waals surface area (Å²) >= 11 is 0. The molecule has 0 saturated carbocycles. The highest BCUT2D eigenvalue weighted by Gasteiger charge is 2.22. The van der Waals surface area contributed by atoms with Crippen LogP contribution in [-0.2, 0) is 19.6 Å². The molecule has 1 amide bonds. The Morgan fingerprint density at radius 1 is 1.32 bits per heavy atom. The molecule has 1 N–H and O–H groups in total. The minimum atomic E-state index is -0.0762. The molecule has 0 spiro atoms. The van der Waals surface area contributed by atoms with E-state index in [-0.39, 0.29) is 11.5 Å². The van der Waals surface area contributed by atoms with E-state index in [1.54, 1.807) is 46.4 Å². The van der Waals surface area contributed by atoms with Gasteiger partial charge in [0.1, 0.15) is 11.5 Å². The smallest absolute Gasteiger partial charge is 0.270 e. The van der Waals surface area contributed by atoms with E-state index < -0.39 is 0 Å². The monoisotopic (exact) mass is 338 g/mol. The molecule has 4 rings (SSSR count). The molecule has 8 nitrogen and oxygen atoms in total. The van der Waals surface area contributed by atoms with Crippen molar-refractivity contribution in [1.82, 2.24) is 29.0 Å². The second kappa shape index (κ2) is 6.39. The van der Waals surface area contributed by atoms with Crippen LogP contribution in [0.1, 0.15) is 28.4 Å². The fourth-order valence-electron chi connectivity index (χ4n) is 3.09. The van der Waals surface area contributed by atoms with E-state index in [0.717, 1.165) is 6.42 Å². The molecule has 0 saturated heterocycles. The first kappa shape index (κ1) is 15.4. The van der Waals surface area contributed by atoms with E-state index in [2.05, 4.69) is 15.0 Å². The summed E-state index contributed by atoms with van der Waals surface area (Å²) < 4.78 is 3.52. The van der Waals surface area contributed by atoms with Gasteiger partial charge >= 0.3 is 0 Å². The molecule has 0 unspecified atom stereocenters. The number of aromatic amines is 1. The summed E-state index contributed by atoms with van der Waals surface area (Å²) in [6.45, 7) is 1.97. The third-order valence-electron chi connectivity index (χ3n) is 4.30. The molecule has 0 bridgehead atoms. The molecular formula is C17H18N6O2. The van der Waals surface area contributed by atoms with Gasteiger partial charge in [-0.3, -0.25) is 14.2 Å². The van der Waals surface area contributed by atoms with Crippen molar-refractivity contribution in [2.75, 3.05) is 6.54 Å². The predicted octanol–water partition coefficient (Wildman–Crippen LogP) is 0.862. The Hall–Kier alpha value is -3.16. The molecule has 0 aliphatic carbocycles. The third-order valence-corrected chi connectivity index (χ3v) is 4.30. The first-order valence-electron chi connectivity index (χ1n) is 8.19. The van der Waals surface area contributed by atoms with Gasteiger partial charge in [-0.15, -0.1) is 0 Å². The Bertz CT molecular complexity index is 927. The van der Waals surface area contributed by atoms with Crippen LogP contribution in [-0.4, -0.2) is 41.4 Å². The van der Waals surface area contributed by atoms with Crippen molar-refractivity contribution < 1.29 is 4.79 Å². The predicted molar refractivity (Wildman–Crippen MR) is 90.0 cm³/mol. The quantitative estimate of drug-likeness (QED) is 0.767. The Kier molecular flexibility index (Phi) is 3.93. The van der Waals surface area contributed by atoms with E-state index in [1.165, 1.54) is 0 Å². The number of imidazole rings is 1. The summed E-state index contributed by atoms with van der Waals surface area (Å²) in [5.41, 5.74) is 1.14. The number of hydrogen-bond donors (Lipinski definition) is 1. The second-order valence-corrected chi connectivity index (χ2v) is 6.05. The highest BCUT2D eigenvalue weighted by atomic mass is 16.2. The van der Waals surface area contributed by atoms with Gasteiger partial charge in [-0.25, -0.2) is 9.97 Å². The number of H-pyrrole nitrogens is 1. The van der Waals surface area contributed by atoms with E-state index in [9.17, 15) is 9.59 Å². The number of nitrogens with zero attached hydrogens (tertiary/aromatic N) is 5. The largest absolute Gasteiger partial charge is 0.357 e. The normalized spacial score (nSPS) is 14.2. The van der Waals surface area contributed by atoms with Gasteiger partial charge in [0.25, 0.3) is 11.5 Å². The Morgan fingerprint density at radius 3 is 3.00 bits per heavy atom.